The molecule has 1 fully saturated rings. The first kappa shape index (κ1) is 27.1. The van der Waals surface area contributed by atoms with E-state index in [-0.39, 0.29) is 29.2 Å². The zero-order valence-electron chi connectivity index (χ0n) is 20.6. The van der Waals surface area contributed by atoms with Gasteiger partial charge in [0.1, 0.15) is 11.6 Å². The third kappa shape index (κ3) is 8.62. The maximum Gasteiger partial charge on any atom is 0.408 e. The molecule has 0 radical (unpaired) electrons. The van der Waals surface area contributed by atoms with Gasteiger partial charge in [-0.2, -0.15) is 8.42 Å². The van der Waals surface area contributed by atoms with Gasteiger partial charge in [-0.25, -0.2) is 4.79 Å². The van der Waals surface area contributed by atoms with E-state index in [1.54, 1.807) is 37.8 Å². The van der Waals surface area contributed by atoms with Gasteiger partial charge in [0.15, 0.2) is 0 Å². The minimum Gasteiger partial charge on any atom is -0.444 e. The molecule has 2 amide bonds. The number of benzene rings is 1. The summed E-state index contributed by atoms with van der Waals surface area (Å²) in [6.07, 6.45) is 1.63. The highest BCUT2D eigenvalue weighted by Gasteiger charge is 2.33. The smallest absolute Gasteiger partial charge is 0.408 e. The number of carbonyl (C=O) groups is 2. The molecule has 0 aromatic heterocycles. The van der Waals surface area contributed by atoms with Gasteiger partial charge in [-0.05, 0) is 70.9 Å². The van der Waals surface area contributed by atoms with Gasteiger partial charge in [-0.1, -0.05) is 31.5 Å². The minimum absolute atomic E-state index is 0.0622. The fourth-order valence-corrected chi connectivity index (χ4v) is 4.66. The van der Waals surface area contributed by atoms with Crippen molar-refractivity contribution in [3.05, 3.63) is 29.8 Å². The zero-order chi connectivity index (χ0) is 24.8. The van der Waals surface area contributed by atoms with Crippen molar-refractivity contribution in [1.29, 1.82) is 0 Å². The molecule has 1 aliphatic rings. The van der Waals surface area contributed by atoms with Gasteiger partial charge >= 0.3 is 6.09 Å². The van der Waals surface area contributed by atoms with Crippen LogP contribution < -0.4 is 5.32 Å². The fraction of sp³-hybridized carbons (Fsp3) is 0.667. The maximum absolute atomic E-state index is 13.2. The average Bonchev–Trinajstić information content (AvgIpc) is 2.70. The van der Waals surface area contributed by atoms with Crippen LogP contribution in [-0.2, 0) is 23.8 Å². The van der Waals surface area contributed by atoms with Crippen LogP contribution >= 0.6 is 0 Å². The predicted octanol–water partition coefficient (Wildman–Crippen LogP) is 3.88. The average molecular weight is 483 g/mol. The molecule has 186 valence electrons. The molecular formula is C24H38N2O6S. The van der Waals surface area contributed by atoms with Gasteiger partial charge in [-0.15, -0.1) is 0 Å². The van der Waals surface area contributed by atoms with E-state index in [1.807, 2.05) is 20.8 Å². The highest BCUT2D eigenvalue weighted by atomic mass is 32.2. The highest BCUT2D eigenvalue weighted by Crippen LogP contribution is 2.23. The number of hydrogen-bond donors (Lipinski definition) is 1. The van der Waals surface area contributed by atoms with E-state index in [2.05, 4.69) is 5.32 Å². The van der Waals surface area contributed by atoms with Crippen molar-refractivity contribution in [1.82, 2.24) is 10.2 Å². The first-order valence-corrected chi connectivity index (χ1v) is 12.9. The lowest BCUT2D eigenvalue weighted by Gasteiger charge is -2.36. The lowest BCUT2D eigenvalue weighted by molar-refractivity contribution is -0.136. The number of amides is 2. The monoisotopic (exact) mass is 482 g/mol. The molecule has 0 spiro atoms. The SMILES string of the molecule is Cc1ccc(S(=O)(=O)OCCC2CCCN(C(=O)[C@@H](NC(=O)OC(C)(C)C)C(C)C)C2)cc1. The maximum atomic E-state index is 13.2. The zero-order valence-corrected chi connectivity index (χ0v) is 21.4. The normalized spacial score (nSPS) is 18.2. The van der Waals surface area contributed by atoms with Crippen molar-refractivity contribution in [3.63, 3.8) is 0 Å². The number of ether oxygens (including phenoxy) is 1. The molecule has 1 N–H and O–H groups in total. The van der Waals surface area contributed by atoms with E-state index in [1.165, 1.54) is 12.1 Å². The molecule has 0 saturated carbocycles. The van der Waals surface area contributed by atoms with Gasteiger partial charge in [0.25, 0.3) is 10.1 Å². The van der Waals surface area contributed by atoms with Crippen LogP contribution in [0, 0.1) is 18.8 Å². The topological polar surface area (TPSA) is 102 Å². The Hall–Kier alpha value is -2.13. The van der Waals surface area contributed by atoms with Crippen molar-refractivity contribution in [2.75, 3.05) is 19.7 Å². The summed E-state index contributed by atoms with van der Waals surface area (Å²) in [5.41, 5.74) is 0.325. The van der Waals surface area contributed by atoms with Crippen LogP contribution in [0.4, 0.5) is 4.79 Å². The van der Waals surface area contributed by atoms with E-state index in [4.69, 9.17) is 8.92 Å². The highest BCUT2D eigenvalue weighted by molar-refractivity contribution is 7.86. The summed E-state index contributed by atoms with van der Waals surface area (Å²) in [5, 5.41) is 2.71. The molecule has 0 aliphatic carbocycles. The number of carbonyl (C=O) groups excluding carboxylic acids is 2. The lowest BCUT2D eigenvalue weighted by Crippen LogP contribution is -2.54. The number of alkyl carbamates (subject to hydrolysis) is 1. The molecule has 1 aromatic rings. The molecule has 1 saturated heterocycles. The van der Waals surface area contributed by atoms with Crippen molar-refractivity contribution >= 4 is 22.1 Å². The Morgan fingerprint density at radius 1 is 1.18 bits per heavy atom. The molecule has 1 heterocycles. The van der Waals surface area contributed by atoms with Crippen LogP contribution in [0.5, 0.6) is 0 Å². The van der Waals surface area contributed by atoms with Crippen LogP contribution in [0.15, 0.2) is 29.2 Å². The van der Waals surface area contributed by atoms with Crippen LogP contribution in [-0.4, -0.2) is 56.7 Å². The molecule has 9 heteroatoms. The predicted molar refractivity (Wildman–Crippen MR) is 126 cm³/mol. The van der Waals surface area contributed by atoms with E-state index in [0.29, 0.717) is 19.5 Å². The van der Waals surface area contributed by atoms with Gasteiger partial charge in [0.2, 0.25) is 5.91 Å². The molecule has 1 aliphatic heterocycles. The number of nitrogens with one attached hydrogen (secondary N) is 1. The van der Waals surface area contributed by atoms with Crippen LogP contribution in [0.1, 0.15) is 59.4 Å². The summed E-state index contributed by atoms with van der Waals surface area (Å²) in [6.45, 7) is 12.1. The van der Waals surface area contributed by atoms with E-state index in [0.717, 1.165) is 18.4 Å². The standard InChI is InChI=1S/C24H38N2O6S/c1-17(2)21(25-23(28)32-24(4,5)6)22(27)26-14-7-8-19(16-26)13-15-31-33(29,30)20-11-9-18(3)10-12-20/h9-12,17,19,21H,7-8,13-16H2,1-6H3,(H,25,28)/t19?,21-/m0/s1. The number of hydrogen-bond acceptors (Lipinski definition) is 6. The molecule has 8 nitrogen and oxygen atoms in total. The van der Waals surface area contributed by atoms with Crippen molar-refractivity contribution in [2.24, 2.45) is 11.8 Å². The quantitative estimate of drug-likeness (QED) is 0.564. The first-order chi connectivity index (χ1) is 15.3. The Labute approximate surface area is 198 Å². The Bertz CT molecular complexity index is 906. The van der Waals surface area contributed by atoms with Crippen LogP contribution in [0.3, 0.4) is 0 Å². The van der Waals surface area contributed by atoms with Crippen molar-refractivity contribution < 1.29 is 26.9 Å². The Morgan fingerprint density at radius 2 is 1.82 bits per heavy atom. The Morgan fingerprint density at radius 3 is 2.39 bits per heavy atom. The summed E-state index contributed by atoms with van der Waals surface area (Å²) in [7, 11) is -3.80. The summed E-state index contributed by atoms with van der Waals surface area (Å²) in [4.78, 5) is 27.3. The second kappa shape index (κ2) is 11.3. The molecule has 1 unspecified atom stereocenters. The molecule has 1 aromatic carbocycles. The summed E-state index contributed by atoms with van der Waals surface area (Å²) < 4.78 is 35.3. The number of aryl methyl sites for hydroxylation is 1. The van der Waals surface area contributed by atoms with E-state index in [9.17, 15) is 18.0 Å². The van der Waals surface area contributed by atoms with Crippen molar-refractivity contribution in [2.45, 2.75) is 77.3 Å². The summed E-state index contributed by atoms with van der Waals surface area (Å²) >= 11 is 0. The third-order valence-corrected chi connectivity index (χ3v) is 6.84. The largest absolute Gasteiger partial charge is 0.444 e. The van der Waals surface area contributed by atoms with Crippen molar-refractivity contribution in [3.8, 4) is 0 Å². The Kier molecular flexibility index (Phi) is 9.31. The number of rotatable bonds is 8. The number of nitrogens with zero attached hydrogens (tertiary/aromatic N) is 1. The van der Waals surface area contributed by atoms with Gasteiger partial charge in [-0.3, -0.25) is 8.98 Å². The number of likely N-dealkylation sites (tertiary alicyclic amines) is 1. The second-order valence-electron chi connectivity index (χ2n) is 10.0. The molecule has 0 bridgehead atoms. The van der Waals surface area contributed by atoms with Gasteiger partial charge in [0.05, 0.1) is 11.5 Å². The van der Waals surface area contributed by atoms with E-state index >= 15 is 0 Å². The summed E-state index contributed by atoms with van der Waals surface area (Å²) in [5.74, 6) is -0.118. The Balaban J connectivity index is 1.91. The molecule has 2 atom stereocenters. The molecule has 2 rings (SSSR count). The number of piperidine rings is 1. The summed E-state index contributed by atoms with van der Waals surface area (Å²) in [6, 6.07) is 5.86. The lowest BCUT2D eigenvalue weighted by atomic mass is 9.93. The third-order valence-electron chi connectivity index (χ3n) is 5.51. The van der Waals surface area contributed by atoms with Gasteiger partial charge < -0.3 is 15.0 Å². The minimum atomic E-state index is -3.80. The fourth-order valence-electron chi connectivity index (χ4n) is 3.74. The second-order valence-corrected chi connectivity index (χ2v) is 11.7. The molecule has 33 heavy (non-hydrogen) atoms. The molecular weight excluding hydrogens is 444 g/mol. The van der Waals surface area contributed by atoms with E-state index < -0.39 is 27.9 Å². The van der Waals surface area contributed by atoms with Gasteiger partial charge in [0, 0.05) is 13.1 Å². The first-order valence-electron chi connectivity index (χ1n) is 11.5. The van der Waals surface area contributed by atoms with Crippen LogP contribution in [0.2, 0.25) is 0 Å². The van der Waals surface area contributed by atoms with Crippen LogP contribution in [0.25, 0.3) is 0 Å².